The molecule has 1 heterocycles. The number of aromatic nitrogens is 1. The maximum Gasteiger partial charge on any atom is 0.435 e. The smallest absolute Gasteiger partial charge is 0.435 e. The number of carboxylic acid groups (broad SMARTS) is 1. The molecule has 0 aliphatic rings. The summed E-state index contributed by atoms with van der Waals surface area (Å²) in [5.41, 5.74) is -2.02. The Morgan fingerprint density at radius 1 is 1.47 bits per heavy atom. The van der Waals surface area contributed by atoms with Crippen LogP contribution in [-0.4, -0.2) is 16.2 Å². The number of nitrogens with one attached hydrogen (secondary N) is 1. The lowest BCUT2D eigenvalue weighted by Crippen LogP contribution is -2.16. The quantitative estimate of drug-likeness (QED) is 0.742. The summed E-state index contributed by atoms with van der Waals surface area (Å²) in [6, 6.07) is 1.95. The van der Waals surface area contributed by atoms with Crippen molar-refractivity contribution < 1.29 is 23.1 Å². The highest BCUT2D eigenvalue weighted by atomic mass is 35.5. The normalized spacial score (nSPS) is 11.2. The molecule has 0 atom stereocenters. The highest BCUT2D eigenvalue weighted by Gasteiger charge is 2.36. The molecule has 0 aromatic carbocycles. The Kier molecular flexibility index (Phi) is 3.04. The average Bonchev–Trinajstić information content (AvgIpc) is 2.05. The number of nitrogens with zero attached hydrogens (tertiary/aromatic N) is 1. The van der Waals surface area contributed by atoms with Crippen LogP contribution >= 0.6 is 11.6 Å². The van der Waals surface area contributed by atoms with Crippen LogP contribution in [0.3, 0.4) is 0 Å². The Morgan fingerprint density at radius 2 is 2.07 bits per heavy atom. The first-order valence-corrected chi connectivity index (χ1v) is 3.92. The van der Waals surface area contributed by atoms with E-state index in [9.17, 15) is 18.0 Å². The highest BCUT2D eigenvalue weighted by Crippen LogP contribution is 2.33. The maximum atomic E-state index is 12.3. The molecule has 15 heavy (non-hydrogen) atoms. The standard InChI is InChI=1S/C7H4ClF3N2O2/c8-4-2-1-3(12-6(14)15)5(13-4)7(9,10)11/h1-2,12H,(H,14,15). The van der Waals surface area contributed by atoms with Crippen LogP contribution in [0.25, 0.3) is 0 Å². The largest absolute Gasteiger partial charge is 0.465 e. The SMILES string of the molecule is O=C(O)Nc1ccc(Cl)nc1C(F)(F)F. The van der Waals surface area contributed by atoms with Crippen molar-refractivity contribution in [2.45, 2.75) is 6.18 Å². The second-order valence-corrected chi connectivity index (χ2v) is 2.85. The van der Waals surface area contributed by atoms with Crippen molar-refractivity contribution in [2.75, 3.05) is 5.32 Å². The van der Waals surface area contributed by atoms with Crippen molar-refractivity contribution in [3.8, 4) is 0 Å². The van der Waals surface area contributed by atoms with Gasteiger partial charge in [0.05, 0.1) is 5.69 Å². The Bertz CT molecular complexity index is 394. The number of alkyl halides is 3. The minimum atomic E-state index is -4.76. The van der Waals surface area contributed by atoms with Gasteiger partial charge in [0, 0.05) is 0 Å². The zero-order valence-corrected chi connectivity index (χ0v) is 7.73. The van der Waals surface area contributed by atoms with Crippen LogP contribution in [0.5, 0.6) is 0 Å². The minimum Gasteiger partial charge on any atom is -0.465 e. The molecule has 0 spiro atoms. The predicted octanol–water partition coefficient (Wildman–Crippen LogP) is 2.84. The van der Waals surface area contributed by atoms with Crippen molar-refractivity contribution in [2.24, 2.45) is 0 Å². The number of pyridine rings is 1. The zero-order chi connectivity index (χ0) is 11.6. The topological polar surface area (TPSA) is 62.2 Å². The molecule has 4 nitrogen and oxygen atoms in total. The van der Waals surface area contributed by atoms with Crippen LogP contribution < -0.4 is 5.32 Å². The van der Waals surface area contributed by atoms with Crippen molar-refractivity contribution in [1.29, 1.82) is 0 Å². The number of amides is 1. The molecule has 1 amide bonds. The molecule has 0 unspecified atom stereocenters. The first-order chi connectivity index (χ1) is 6.80. The molecular weight excluding hydrogens is 237 g/mol. The van der Waals surface area contributed by atoms with Gasteiger partial charge < -0.3 is 5.11 Å². The van der Waals surface area contributed by atoms with Gasteiger partial charge in [-0.3, -0.25) is 5.32 Å². The number of halogens is 4. The number of anilines is 1. The molecule has 0 fully saturated rings. The molecule has 1 rings (SSSR count). The molecule has 0 radical (unpaired) electrons. The van der Waals surface area contributed by atoms with Crippen LogP contribution in [0.4, 0.5) is 23.7 Å². The highest BCUT2D eigenvalue weighted by molar-refractivity contribution is 6.29. The molecule has 0 bridgehead atoms. The fourth-order valence-electron chi connectivity index (χ4n) is 0.867. The molecule has 0 aliphatic heterocycles. The van der Waals surface area contributed by atoms with Gasteiger partial charge >= 0.3 is 12.3 Å². The first-order valence-electron chi connectivity index (χ1n) is 3.54. The monoisotopic (exact) mass is 240 g/mol. The van der Waals surface area contributed by atoms with Crippen LogP contribution in [-0.2, 0) is 6.18 Å². The van der Waals surface area contributed by atoms with Gasteiger partial charge in [-0.1, -0.05) is 11.6 Å². The summed E-state index contributed by atoms with van der Waals surface area (Å²) in [5.74, 6) is 0. The molecule has 0 saturated carbocycles. The Morgan fingerprint density at radius 3 is 2.53 bits per heavy atom. The summed E-state index contributed by atoms with van der Waals surface area (Å²) in [6.07, 6.45) is -6.37. The molecule has 2 N–H and O–H groups in total. The Labute approximate surface area is 86.7 Å². The fraction of sp³-hybridized carbons (Fsp3) is 0.143. The Balaban J connectivity index is 3.20. The van der Waals surface area contributed by atoms with Gasteiger partial charge in [-0.05, 0) is 12.1 Å². The van der Waals surface area contributed by atoms with Crippen molar-refractivity contribution in [3.63, 3.8) is 0 Å². The molecule has 0 aliphatic carbocycles. The second-order valence-electron chi connectivity index (χ2n) is 2.46. The summed E-state index contributed by atoms with van der Waals surface area (Å²) in [5, 5.41) is 9.51. The van der Waals surface area contributed by atoms with Crippen molar-refractivity contribution in [1.82, 2.24) is 4.98 Å². The van der Waals surface area contributed by atoms with Crippen molar-refractivity contribution in [3.05, 3.63) is 23.0 Å². The van der Waals surface area contributed by atoms with Crippen LogP contribution in [0, 0.1) is 0 Å². The average molecular weight is 241 g/mol. The van der Waals surface area contributed by atoms with E-state index in [-0.39, 0.29) is 5.15 Å². The number of rotatable bonds is 1. The lowest BCUT2D eigenvalue weighted by atomic mass is 10.3. The summed E-state index contributed by atoms with van der Waals surface area (Å²) >= 11 is 5.27. The third-order valence-electron chi connectivity index (χ3n) is 1.37. The summed E-state index contributed by atoms with van der Waals surface area (Å²) in [7, 11) is 0. The van der Waals surface area contributed by atoms with Gasteiger partial charge in [0.25, 0.3) is 0 Å². The van der Waals surface area contributed by atoms with Gasteiger partial charge in [0.2, 0.25) is 0 Å². The molecule has 82 valence electrons. The van der Waals surface area contributed by atoms with E-state index in [0.29, 0.717) is 0 Å². The van der Waals surface area contributed by atoms with E-state index >= 15 is 0 Å². The number of hydrogen-bond acceptors (Lipinski definition) is 2. The summed E-state index contributed by atoms with van der Waals surface area (Å²) in [6.45, 7) is 0. The van der Waals surface area contributed by atoms with E-state index in [4.69, 9.17) is 16.7 Å². The number of hydrogen-bond donors (Lipinski definition) is 2. The molecular formula is C7H4ClF3N2O2. The van der Waals surface area contributed by atoms with Gasteiger partial charge in [-0.15, -0.1) is 0 Å². The second kappa shape index (κ2) is 3.93. The van der Waals surface area contributed by atoms with Crippen molar-refractivity contribution >= 4 is 23.4 Å². The van der Waals surface area contributed by atoms with E-state index < -0.39 is 23.7 Å². The fourth-order valence-corrected chi connectivity index (χ4v) is 1.02. The first kappa shape index (κ1) is 11.6. The van der Waals surface area contributed by atoms with Gasteiger partial charge in [0.15, 0.2) is 5.69 Å². The molecule has 1 aromatic rings. The molecule has 8 heteroatoms. The zero-order valence-electron chi connectivity index (χ0n) is 6.97. The third kappa shape index (κ3) is 2.98. The number of carbonyl (C=O) groups is 1. The minimum absolute atomic E-state index is 0.363. The van der Waals surface area contributed by atoms with Gasteiger partial charge in [-0.2, -0.15) is 13.2 Å². The predicted molar refractivity (Wildman–Crippen MR) is 45.9 cm³/mol. The summed E-state index contributed by atoms with van der Waals surface area (Å²) in [4.78, 5) is 13.2. The van der Waals surface area contributed by atoms with E-state index in [2.05, 4.69) is 4.98 Å². The molecule has 0 saturated heterocycles. The Hall–Kier alpha value is -1.50. The summed E-state index contributed by atoms with van der Waals surface area (Å²) < 4.78 is 37.0. The van der Waals surface area contributed by atoms with Gasteiger partial charge in [0.1, 0.15) is 5.15 Å². The maximum absolute atomic E-state index is 12.3. The van der Waals surface area contributed by atoms with Gasteiger partial charge in [-0.25, -0.2) is 9.78 Å². The lowest BCUT2D eigenvalue weighted by molar-refractivity contribution is -0.140. The van der Waals surface area contributed by atoms with Crippen LogP contribution in [0.15, 0.2) is 12.1 Å². The van der Waals surface area contributed by atoms with Crippen LogP contribution in [0.2, 0.25) is 5.15 Å². The van der Waals surface area contributed by atoms with Crippen LogP contribution in [0.1, 0.15) is 5.69 Å². The molecule has 1 aromatic heterocycles. The van der Waals surface area contributed by atoms with E-state index in [1.807, 2.05) is 0 Å². The lowest BCUT2D eigenvalue weighted by Gasteiger charge is -2.11. The van der Waals surface area contributed by atoms with E-state index in [1.165, 1.54) is 0 Å². The van der Waals surface area contributed by atoms with E-state index in [0.717, 1.165) is 12.1 Å². The third-order valence-corrected chi connectivity index (χ3v) is 1.58. The van der Waals surface area contributed by atoms with E-state index in [1.54, 1.807) is 5.32 Å².